The molecular weight excluding hydrogens is 274 g/mol. The molecule has 0 unspecified atom stereocenters. The van der Waals surface area contributed by atoms with Crippen molar-refractivity contribution >= 4 is 11.6 Å². The first-order valence-electron chi connectivity index (χ1n) is 6.57. The number of pyridine rings is 2. The van der Waals surface area contributed by atoms with Gasteiger partial charge in [0.2, 0.25) is 0 Å². The van der Waals surface area contributed by atoms with Gasteiger partial charge in [0.05, 0.1) is 11.2 Å². The third kappa shape index (κ3) is 4.47. The summed E-state index contributed by atoms with van der Waals surface area (Å²) in [6.07, 6.45) is 6.73. The Morgan fingerprint density at radius 3 is 2.85 bits per heavy atom. The molecule has 0 aliphatic heterocycles. The average molecular weight is 292 g/mol. The van der Waals surface area contributed by atoms with Gasteiger partial charge in [0.15, 0.2) is 0 Å². The van der Waals surface area contributed by atoms with Crippen molar-refractivity contribution in [2.75, 3.05) is 6.54 Å². The second kappa shape index (κ2) is 7.22. The summed E-state index contributed by atoms with van der Waals surface area (Å²) in [6.45, 7) is 6.01. The number of rotatable bonds is 6. The van der Waals surface area contributed by atoms with E-state index < -0.39 is 0 Å². The quantitative estimate of drug-likeness (QED) is 0.882. The van der Waals surface area contributed by atoms with Gasteiger partial charge in [-0.05, 0) is 18.5 Å². The Hall–Kier alpha value is -1.65. The third-order valence-corrected chi connectivity index (χ3v) is 2.84. The summed E-state index contributed by atoms with van der Waals surface area (Å²) in [5, 5.41) is 3.93. The molecule has 20 heavy (non-hydrogen) atoms. The summed E-state index contributed by atoms with van der Waals surface area (Å²) in [4.78, 5) is 8.15. The van der Waals surface area contributed by atoms with Crippen LogP contribution in [-0.2, 0) is 6.54 Å². The van der Waals surface area contributed by atoms with Gasteiger partial charge in [-0.3, -0.25) is 9.97 Å². The molecule has 0 saturated carbocycles. The molecule has 0 amide bonds. The lowest BCUT2D eigenvalue weighted by Gasteiger charge is -2.12. The minimum Gasteiger partial charge on any atom is -0.455 e. The fourth-order valence-electron chi connectivity index (χ4n) is 1.72. The van der Waals surface area contributed by atoms with Gasteiger partial charge in [-0.1, -0.05) is 25.4 Å². The minimum absolute atomic E-state index is 0.552. The van der Waals surface area contributed by atoms with Crippen molar-refractivity contribution in [1.82, 2.24) is 15.3 Å². The van der Waals surface area contributed by atoms with Crippen molar-refractivity contribution in [2.24, 2.45) is 5.92 Å². The Bertz CT molecular complexity index is 560. The molecule has 0 aliphatic carbocycles. The van der Waals surface area contributed by atoms with Gasteiger partial charge in [-0.2, -0.15) is 0 Å². The molecule has 1 N–H and O–H groups in total. The first-order valence-corrected chi connectivity index (χ1v) is 6.95. The van der Waals surface area contributed by atoms with Gasteiger partial charge in [-0.15, -0.1) is 0 Å². The number of nitrogens with one attached hydrogen (secondary N) is 1. The molecule has 0 spiro atoms. The molecule has 106 valence electrons. The van der Waals surface area contributed by atoms with Crippen LogP contribution < -0.4 is 10.1 Å². The number of nitrogens with zero attached hydrogens (tertiary/aromatic N) is 2. The normalized spacial score (nSPS) is 10.8. The van der Waals surface area contributed by atoms with E-state index in [-0.39, 0.29) is 0 Å². The Morgan fingerprint density at radius 1 is 1.25 bits per heavy atom. The molecule has 0 fully saturated rings. The van der Waals surface area contributed by atoms with Crippen LogP contribution in [0.3, 0.4) is 0 Å². The molecule has 2 aromatic heterocycles. The Kier molecular flexibility index (Phi) is 5.32. The molecule has 0 saturated heterocycles. The second-order valence-electron chi connectivity index (χ2n) is 4.95. The van der Waals surface area contributed by atoms with Crippen molar-refractivity contribution in [2.45, 2.75) is 20.4 Å². The van der Waals surface area contributed by atoms with E-state index in [1.807, 2.05) is 6.07 Å². The van der Waals surface area contributed by atoms with E-state index in [1.165, 1.54) is 0 Å². The lowest BCUT2D eigenvalue weighted by atomic mass is 10.2. The SMILES string of the molecule is CC(C)CNCc1cnccc1Oc1cncc(Cl)c1. The molecule has 2 heterocycles. The summed E-state index contributed by atoms with van der Waals surface area (Å²) in [5.74, 6) is 1.99. The highest BCUT2D eigenvalue weighted by Crippen LogP contribution is 2.25. The molecule has 0 radical (unpaired) electrons. The fraction of sp³-hybridized carbons (Fsp3) is 0.333. The summed E-state index contributed by atoms with van der Waals surface area (Å²) in [5.41, 5.74) is 1.01. The smallest absolute Gasteiger partial charge is 0.147 e. The van der Waals surface area contributed by atoms with E-state index in [1.54, 1.807) is 30.9 Å². The third-order valence-electron chi connectivity index (χ3n) is 2.63. The van der Waals surface area contributed by atoms with Gasteiger partial charge in [0.25, 0.3) is 0 Å². The first-order chi connectivity index (χ1) is 9.65. The zero-order chi connectivity index (χ0) is 14.4. The van der Waals surface area contributed by atoms with Crippen LogP contribution in [0.5, 0.6) is 11.5 Å². The number of hydrogen-bond acceptors (Lipinski definition) is 4. The largest absolute Gasteiger partial charge is 0.455 e. The number of hydrogen-bond donors (Lipinski definition) is 1. The summed E-state index contributed by atoms with van der Waals surface area (Å²) in [7, 11) is 0. The van der Waals surface area contributed by atoms with Gasteiger partial charge >= 0.3 is 0 Å². The van der Waals surface area contributed by atoms with Gasteiger partial charge in [-0.25, -0.2) is 0 Å². The van der Waals surface area contributed by atoms with Crippen molar-refractivity contribution in [3.63, 3.8) is 0 Å². The van der Waals surface area contributed by atoms with Crippen molar-refractivity contribution in [1.29, 1.82) is 0 Å². The van der Waals surface area contributed by atoms with Crippen LogP contribution in [-0.4, -0.2) is 16.5 Å². The number of halogens is 1. The van der Waals surface area contributed by atoms with E-state index in [4.69, 9.17) is 16.3 Å². The Balaban J connectivity index is 2.07. The molecule has 0 aliphatic rings. The van der Waals surface area contributed by atoms with E-state index in [2.05, 4.69) is 29.1 Å². The standard InChI is InChI=1S/C15H18ClN3O/c1-11(2)6-18-8-12-7-17-4-3-15(12)20-14-5-13(16)9-19-10-14/h3-5,7,9-11,18H,6,8H2,1-2H3. The number of ether oxygens (including phenoxy) is 1. The van der Waals surface area contributed by atoms with Gasteiger partial charge < -0.3 is 10.1 Å². The van der Waals surface area contributed by atoms with E-state index in [9.17, 15) is 0 Å². The second-order valence-corrected chi connectivity index (χ2v) is 5.39. The summed E-state index contributed by atoms with van der Waals surface area (Å²) in [6, 6.07) is 3.58. The van der Waals surface area contributed by atoms with E-state index in [0.717, 1.165) is 24.4 Å². The molecular formula is C15H18ClN3O. The predicted octanol–water partition coefficient (Wildman–Crippen LogP) is 3.67. The lowest BCUT2D eigenvalue weighted by Crippen LogP contribution is -2.19. The molecule has 4 nitrogen and oxygen atoms in total. The maximum absolute atomic E-state index is 5.90. The van der Waals surface area contributed by atoms with Crippen LogP contribution in [0, 0.1) is 5.92 Å². The van der Waals surface area contributed by atoms with Crippen molar-refractivity contribution in [3.05, 3.63) is 47.5 Å². The Morgan fingerprint density at radius 2 is 2.10 bits per heavy atom. The van der Waals surface area contributed by atoms with Crippen LogP contribution in [0.4, 0.5) is 0 Å². The zero-order valence-electron chi connectivity index (χ0n) is 11.6. The summed E-state index contributed by atoms with van der Waals surface area (Å²) >= 11 is 5.90. The first kappa shape index (κ1) is 14.8. The number of aromatic nitrogens is 2. The Labute approximate surface area is 124 Å². The lowest BCUT2D eigenvalue weighted by molar-refractivity contribution is 0.466. The van der Waals surface area contributed by atoms with Gasteiger partial charge in [0, 0.05) is 36.8 Å². The van der Waals surface area contributed by atoms with Crippen molar-refractivity contribution in [3.8, 4) is 11.5 Å². The highest BCUT2D eigenvalue weighted by atomic mass is 35.5. The van der Waals surface area contributed by atoms with E-state index >= 15 is 0 Å². The van der Waals surface area contributed by atoms with Crippen molar-refractivity contribution < 1.29 is 4.74 Å². The maximum Gasteiger partial charge on any atom is 0.147 e. The average Bonchev–Trinajstić information content (AvgIpc) is 2.40. The maximum atomic E-state index is 5.90. The van der Waals surface area contributed by atoms with Crippen LogP contribution in [0.15, 0.2) is 36.9 Å². The minimum atomic E-state index is 0.552. The predicted molar refractivity (Wildman–Crippen MR) is 80.1 cm³/mol. The molecule has 0 aromatic carbocycles. The van der Waals surface area contributed by atoms with Gasteiger partial charge in [0.1, 0.15) is 11.5 Å². The monoisotopic (exact) mass is 291 g/mol. The van der Waals surface area contributed by atoms with Crippen LogP contribution >= 0.6 is 11.6 Å². The molecule has 2 aromatic rings. The summed E-state index contributed by atoms with van der Waals surface area (Å²) < 4.78 is 5.82. The topological polar surface area (TPSA) is 47.0 Å². The zero-order valence-corrected chi connectivity index (χ0v) is 12.4. The highest BCUT2D eigenvalue weighted by molar-refractivity contribution is 6.30. The molecule has 0 bridgehead atoms. The fourth-order valence-corrected chi connectivity index (χ4v) is 1.88. The highest BCUT2D eigenvalue weighted by Gasteiger charge is 2.06. The van der Waals surface area contributed by atoms with Crippen LogP contribution in [0.25, 0.3) is 0 Å². The van der Waals surface area contributed by atoms with Crippen LogP contribution in [0.2, 0.25) is 5.02 Å². The van der Waals surface area contributed by atoms with Crippen LogP contribution in [0.1, 0.15) is 19.4 Å². The molecule has 2 rings (SSSR count). The van der Waals surface area contributed by atoms with E-state index in [0.29, 0.717) is 16.7 Å². The molecule has 5 heteroatoms. The molecule has 0 atom stereocenters.